The number of hydrogen-bond donors (Lipinski definition) is 1. The number of carbonyl (C=O) groups is 1. The number of nitrogens with one attached hydrogen (secondary N) is 1. The molecule has 1 aliphatic heterocycles. The summed E-state index contributed by atoms with van der Waals surface area (Å²) in [7, 11) is -5.95. The third-order valence-corrected chi connectivity index (χ3v) is 8.18. The highest BCUT2D eigenvalue weighted by Gasteiger charge is 2.31. The fraction of sp³-hybridized carbons (Fsp3) is 0.278. The molecule has 29 heavy (non-hydrogen) atoms. The van der Waals surface area contributed by atoms with E-state index in [0.717, 1.165) is 10.6 Å². The van der Waals surface area contributed by atoms with Gasteiger partial charge < -0.3 is 10.1 Å². The Morgan fingerprint density at radius 1 is 1.14 bits per heavy atom. The Balaban J connectivity index is 1.94. The van der Waals surface area contributed by atoms with E-state index in [1.807, 2.05) is 0 Å². The van der Waals surface area contributed by atoms with Gasteiger partial charge >= 0.3 is 0 Å². The summed E-state index contributed by atoms with van der Waals surface area (Å²) >= 11 is 6.18. The first-order chi connectivity index (χ1) is 13.4. The number of halogens is 1. The van der Waals surface area contributed by atoms with Crippen LogP contribution in [0.15, 0.2) is 46.2 Å². The van der Waals surface area contributed by atoms with Gasteiger partial charge in [0.15, 0.2) is 16.4 Å². The van der Waals surface area contributed by atoms with Crippen molar-refractivity contribution in [1.82, 2.24) is 4.31 Å². The van der Waals surface area contributed by atoms with E-state index >= 15 is 0 Å². The Hall–Kier alpha value is -2.14. The number of amides is 1. The number of sulfonamides is 1. The van der Waals surface area contributed by atoms with Crippen LogP contribution in [0.1, 0.15) is 18.5 Å². The van der Waals surface area contributed by atoms with Gasteiger partial charge in [0.05, 0.1) is 15.6 Å². The maximum absolute atomic E-state index is 13.1. The second-order valence-corrected chi connectivity index (χ2v) is 11.0. The summed E-state index contributed by atoms with van der Waals surface area (Å²) < 4.78 is 55.9. The molecule has 11 heteroatoms. The summed E-state index contributed by atoms with van der Waals surface area (Å²) in [6.45, 7) is 1.46. The minimum atomic E-state index is -4.01. The average molecular weight is 459 g/mol. The molecule has 2 aromatic rings. The molecule has 0 spiro atoms. The average Bonchev–Trinajstić information content (AvgIpc) is 2.65. The van der Waals surface area contributed by atoms with E-state index in [4.69, 9.17) is 16.3 Å². The first-order valence-electron chi connectivity index (χ1n) is 8.45. The number of anilines is 1. The van der Waals surface area contributed by atoms with Crippen LogP contribution in [0.25, 0.3) is 0 Å². The Morgan fingerprint density at radius 3 is 2.34 bits per heavy atom. The molecule has 3 rings (SSSR count). The Bertz CT molecular complexity index is 1180. The third-order valence-electron chi connectivity index (χ3n) is 4.66. The van der Waals surface area contributed by atoms with Crippen molar-refractivity contribution in [3.8, 4) is 5.75 Å². The van der Waals surface area contributed by atoms with E-state index in [-0.39, 0.29) is 33.1 Å². The van der Waals surface area contributed by atoms with Gasteiger partial charge in [-0.2, -0.15) is 4.31 Å². The molecular formula is C18H19ClN2O6S2. The zero-order valence-corrected chi connectivity index (χ0v) is 18.2. The molecule has 1 amide bonds. The van der Waals surface area contributed by atoms with Gasteiger partial charge in [0.1, 0.15) is 10.6 Å². The van der Waals surface area contributed by atoms with E-state index in [1.165, 1.54) is 31.3 Å². The molecule has 1 atom stereocenters. The summed E-state index contributed by atoms with van der Waals surface area (Å²) in [5.74, 6) is -0.140. The predicted molar refractivity (Wildman–Crippen MR) is 108 cm³/mol. The highest BCUT2D eigenvalue weighted by atomic mass is 35.5. The Kier molecular flexibility index (Phi) is 5.65. The number of fused-ring (bicyclic) bond motifs is 1. The highest BCUT2D eigenvalue weighted by Crippen LogP contribution is 2.38. The van der Waals surface area contributed by atoms with Gasteiger partial charge in [0, 0.05) is 25.4 Å². The molecule has 0 radical (unpaired) electrons. The van der Waals surface area contributed by atoms with Crippen LogP contribution in [0, 0.1) is 0 Å². The Labute approximate surface area is 174 Å². The zero-order chi connectivity index (χ0) is 21.6. The molecule has 8 nitrogen and oxygen atoms in total. The zero-order valence-electron chi connectivity index (χ0n) is 15.8. The molecule has 2 aromatic carbocycles. The molecular weight excluding hydrogens is 440 g/mol. The van der Waals surface area contributed by atoms with Gasteiger partial charge in [-0.1, -0.05) is 23.7 Å². The van der Waals surface area contributed by atoms with Crippen molar-refractivity contribution >= 4 is 43.1 Å². The number of nitrogens with zero attached hydrogens (tertiary/aromatic N) is 1. The van der Waals surface area contributed by atoms with Crippen LogP contribution in [0.5, 0.6) is 5.75 Å². The van der Waals surface area contributed by atoms with Gasteiger partial charge in [-0.15, -0.1) is 0 Å². The number of hydrogen-bond acceptors (Lipinski definition) is 6. The minimum Gasteiger partial charge on any atom is -0.482 e. The first kappa shape index (κ1) is 21.6. The summed E-state index contributed by atoms with van der Waals surface area (Å²) in [4.78, 5) is 11.4. The van der Waals surface area contributed by atoms with E-state index in [0.29, 0.717) is 11.3 Å². The van der Waals surface area contributed by atoms with Gasteiger partial charge in [0.25, 0.3) is 5.91 Å². The summed E-state index contributed by atoms with van der Waals surface area (Å²) in [6.07, 6.45) is 1.10. The minimum absolute atomic E-state index is 0.0546. The van der Waals surface area contributed by atoms with Crippen molar-refractivity contribution in [2.45, 2.75) is 22.8 Å². The number of carbonyl (C=O) groups excluding carboxylic acids is 1. The predicted octanol–water partition coefficient (Wildman–Crippen LogP) is 2.46. The molecule has 1 aliphatic rings. The molecule has 0 aromatic heterocycles. The Morgan fingerprint density at radius 2 is 1.76 bits per heavy atom. The topological polar surface area (TPSA) is 110 Å². The SMILES string of the molecule is CC(c1ccc(S(C)(=O)=O)cc1)N(C)S(=O)(=O)c1cc2c(cc1Cl)NC(=O)CO2. The van der Waals surface area contributed by atoms with Crippen molar-refractivity contribution in [3.05, 3.63) is 47.0 Å². The van der Waals surface area contributed by atoms with Gasteiger partial charge in [-0.25, -0.2) is 16.8 Å². The van der Waals surface area contributed by atoms with Crippen LogP contribution in [-0.2, 0) is 24.7 Å². The molecule has 0 aliphatic carbocycles. The van der Waals surface area contributed by atoms with Crippen LogP contribution < -0.4 is 10.1 Å². The lowest BCUT2D eigenvalue weighted by Gasteiger charge is -2.26. The molecule has 0 bridgehead atoms. The summed E-state index contributed by atoms with van der Waals surface area (Å²) in [6, 6.07) is 8.03. The van der Waals surface area contributed by atoms with Crippen LogP contribution in [0.2, 0.25) is 5.02 Å². The standard InChI is InChI=1S/C18H19ClN2O6S2/c1-11(12-4-6-13(7-5-12)28(3,23)24)21(2)29(25,26)17-9-16-15(8-14(17)19)20-18(22)10-27-16/h4-9,11H,10H2,1-3H3,(H,20,22). The lowest BCUT2D eigenvalue weighted by Crippen LogP contribution is -2.30. The maximum Gasteiger partial charge on any atom is 0.262 e. The molecule has 156 valence electrons. The van der Waals surface area contributed by atoms with Crippen LogP contribution >= 0.6 is 11.6 Å². The van der Waals surface area contributed by atoms with Crippen LogP contribution in [0.4, 0.5) is 5.69 Å². The van der Waals surface area contributed by atoms with E-state index in [1.54, 1.807) is 19.1 Å². The molecule has 1 unspecified atom stereocenters. The number of rotatable bonds is 5. The lowest BCUT2D eigenvalue weighted by atomic mass is 10.1. The van der Waals surface area contributed by atoms with Crippen molar-refractivity contribution in [1.29, 1.82) is 0 Å². The first-order valence-corrected chi connectivity index (χ1v) is 12.2. The molecule has 0 saturated heterocycles. The van der Waals surface area contributed by atoms with E-state index < -0.39 is 25.9 Å². The highest BCUT2D eigenvalue weighted by molar-refractivity contribution is 7.90. The van der Waals surface area contributed by atoms with E-state index in [9.17, 15) is 21.6 Å². The van der Waals surface area contributed by atoms with Crippen molar-refractivity contribution < 1.29 is 26.4 Å². The number of benzene rings is 2. The third kappa shape index (κ3) is 4.25. The smallest absolute Gasteiger partial charge is 0.262 e. The van der Waals surface area contributed by atoms with Gasteiger partial charge in [-0.3, -0.25) is 4.79 Å². The molecule has 1 N–H and O–H groups in total. The second kappa shape index (κ2) is 7.60. The van der Waals surface area contributed by atoms with Crippen molar-refractivity contribution in [2.24, 2.45) is 0 Å². The van der Waals surface area contributed by atoms with Gasteiger partial charge in [-0.05, 0) is 30.7 Å². The van der Waals surface area contributed by atoms with Crippen molar-refractivity contribution in [2.75, 3.05) is 25.2 Å². The monoisotopic (exact) mass is 458 g/mol. The maximum atomic E-state index is 13.1. The largest absolute Gasteiger partial charge is 0.482 e. The summed E-state index contributed by atoms with van der Waals surface area (Å²) in [5.41, 5.74) is 0.915. The number of sulfone groups is 1. The summed E-state index contributed by atoms with van der Waals surface area (Å²) in [5, 5.41) is 2.51. The van der Waals surface area contributed by atoms with E-state index in [2.05, 4.69) is 5.32 Å². The molecule has 1 heterocycles. The van der Waals surface area contributed by atoms with Crippen molar-refractivity contribution in [3.63, 3.8) is 0 Å². The van der Waals surface area contributed by atoms with Crippen LogP contribution in [0.3, 0.4) is 0 Å². The van der Waals surface area contributed by atoms with Crippen LogP contribution in [-0.4, -0.2) is 47.0 Å². The second-order valence-electron chi connectivity index (χ2n) is 6.65. The lowest BCUT2D eigenvalue weighted by molar-refractivity contribution is -0.118. The fourth-order valence-electron chi connectivity index (χ4n) is 2.85. The fourth-order valence-corrected chi connectivity index (χ4v) is 5.34. The normalized spacial score (nSPS) is 15.4. The molecule has 0 fully saturated rings. The quantitative estimate of drug-likeness (QED) is 0.736. The molecule has 0 saturated carbocycles. The number of ether oxygens (including phenoxy) is 1. The van der Waals surface area contributed by atoms with Gasteiger partial charge in [0.2, 0.25) is 10.0 Å².